The summed E-state index contributed by atoms with van der Waals surface area (Å²) in [5.74, 6) is 1.91. The molecule has 2 aliphatic heterocycles. The van der Waals surface area contributed by atoms with Crippen LogP contribution in [0.1, 0.15) is 24.3 Å². The first-order chi connectivity index (χ1) is 10.2. The number of nitrogens with one attached hydrogen (secondary N) is 2. The molecule has 0 aliphatic carbocycles. The van der Waals surface area contributed by atoms with Gasteiger partial charge < -0.3 is 20.1 Å². The first kappa shape index (κ1) is 16.9. The Labute approximate surface area is 137 Å². The number of rotatable bonds is 3. The Morgan fingerprint density at radius 2 is 1.68 bits per heavy atom. The van der Waals surface area contributed by atoms with Gasteiger partial charge in [-0.3, -0.25) is 4.79 Å². The molecule has 2 N–H and O–H groups in total. The second-order valence-corrected chi connectivity index (χ2v) is 5.81. The Balaban J connectivity index is 0.00000176. The van der Waals surface area contributed by atoms with E-state index in [-0.39, 0.29) is 29.6 Å². The van der Waals surface area contributed by atoms with Gasteiger partial charge in [0.2, 0.25) is 5.91 Å². The fourth-order valence-corrected chi connectivity index (χ4v) is 3.64. The zero-order valence-electron chi connectivity index (χ0n) is 13.0. The fourth-order valence-electron chi connectivity index (χ4n) is 3.64. The van der Waals surface area contributed by atoms with Crippen LogP contribution in [0.15, 0.2) is 18.2 Å². The van der Waals surface area contributed by atoms with Crippen LogP contribution in [0.4, 0.5) is 0 Å². The van der Waals surface area contributed by atoms with Crippen LogP contribution >= 0.6 is 12.4 Å². The lowest BCUT2D eigenvalue weighted by atomic mass is 9.68. The summed E-state index contributed by atoms with van der Waals surface area (Å²) in [6, 6.07) is 5.91. The zero-order chi connectivity index (χ0) is 14.9. The molecule has 5 nitrogen and oxygen atoms in total. The molecule has 2 aliphatic rings. The molecule has 1 amide bonds. The molecule has 0 bridgehead atoms. The Kier molecular flexibility index (Phi) is 5.19. The number of hydrogen-bond acceptors (Lipinski definition) is 4. The Morgan fingerprint density at radius 3 is 2.23 bits per heavy atom. The maximum absolute atomic E-state index is 12.4. The number of benzene rings is 1. The number of halogens is 1. The maximum Gasteiger partial charge on any atom is 0.227 e. The second kappa shape index (κ2) is 6.75. The van der Waals surface area contributed by atoms with Crippen LogP contribution in [0, 0.1) is 5.41 Å². The minimum absolute atomic E-state index is 0. The molecule has 2 fully saturated rings. The van der Waals surface area contributed by atoms with Crippen LogP contribution in [0.3, 0.4) is 0 Å². The van der Waals surface area contributed by atoms with Crippen molar-refractivity contribution in [3.8, 4) is 11.5 Å². The standard InChI is InChI=1S/C16H22N2O3.ClH/c1-20-12-7-11(8-13(9-12)21-2)14-10-18-15(19)16(14)3-5-17-6-4-16;/h7-9,14,17H,3-6,10H2,1-2H3,(H,18,19);1H. The summed E-state index contributed by atoms with van der Waals surface area (Å²) >= 11 is 0. The average Bonchev–Trinajstić information content (AvgIpc) is 2.84. The predicted molar refractivity (Wildman–Crippen MR) is 87.1 cm³/mol. The molecule has 6 heteroatoms. The predicted octanol–water partition coefficient (Wildman–Crippen LogP) is 1.71. The van der Waals surface area contributed by atoms with Crippen LogP contribution in [-0.2, 0) is 4.79 Å². The topological polar surface area (TPSA) is 59.6 Å². The summed E-state index contributed by atoms with van der Waals surface area (Å²) in [6.45, 7) is 2.48. The fraction of sp³-hybridized carbons (Fsp3) is 0.562. The van der Waals surface area contributed by atoms with Gasteiger partial charge in [-0.1, -0.05) is 0 Å². The van der Waals surface area contributed by atoms with Crippen LogP contribution in [0.25, 0.3) is 0 Å². The molecule has 1 unspecified atom stereocenters. The normalized spacial score (nSPS) is 22.8. The second-order valence-electron chi connectivity index (χ2n) is 5.81. The molecule has 0 saturated carbocycles. The number of carbonyl (C=O) groups is 1. The zero-order valence-corrected chi connectivity index (χ0v) is 13.8. The summed E-state index contributed by atoms with van der Waals surface area (Å²) in [5.41, 5.74) is 0.828. The number of ether oxygens (including phenoxy) is 2. The molecule has 1 aromatic carbocycles. The molecule has 0 radical (unpaired) electrons. The lowest BCUT2D eigenvalue weighted by molar-refractivity contribution is -0.129. The SMILES string of the molecule is COc1cc(OC)cc(C2CNC(=O)C23CCNCC3)c1.Cl. The van der Waals surface area contributed by atoms with Crippen molar-refractivity contribution in [1.82, 2.24) is 10.6 Å². The lowest BCUT2D eigenvalue weighted by Gasteiger charge is -2.36. The van der Waals surface area contributed by atoms with E-state index in [0.29, 0.717) is 6.54 Å². The van der Waals surface area contributed by atoms with Crippen molar-refractivity contribution < 1.29 is 14.3 Å². The molecular formula is C16H23ClN2O3. The van der Waals surface area contributed by atoms with E-state index in [0.717, 1.165) is 43.0 Å². The highest BCUT2D eigenvalue weighted by molar-refractivity contribution is 5.86. The molecule has 1 spiro atoms. The summed E-state index contributed by atoms with van der Waals surface area (Å²) in [5, 5.41) is 6.40. The van der Waals surface area contributed by atoms with Crippen molar-refractivity contribution in [1.29, 1.82) is 0 Å². The first-order valence-corrected chi connectivity index (χ1v) is 7.41. The monoisotopic (exact) mass is 326 g/mol. The van der Waals surface area contributed by atoms with E-state index >= 15 is 0 Å². The van der Waals surface area contributed by atoms with Gasteiger partial charge in [0.1, 0.15) is 11.5 Å². The van der Waals surface area contributed by atoms with Gasteiger partial charge in [0.15, 0.2) is 0 Å². The van der Waals surface area contributed by atoms with E-state index in [9.17, 15) is 4.79 Å². The minimum atomic E-state index is -0.289. The first-order valence-electron chi connectivity index (χ1n) is 7.41. The third-order valence-electron chi connectivity index (χ3n) is 4.86. The third-order valence-corrected chi connectivity index (χ3v) is 4.86. The number of methoxy groups -OCH3 is 2. The number of amides is 1. The quantitative estimate of drug-likeness (QED) is 0.888. The Morgan fingerprint density at radius 1 is 1.09 bits per heavy atom. The molecule has 122 valence electrons. The third kappa shape index (κ3) is 2.75. The number of hydrogen-bond donors (Lipinski definition) is 2. The molecule has 1 atom stereocenters. The van der Waals surface area contributed by atoms with Gasteiger partial charge >= 0.3 is 0 Å². The summed E-state index contributed by atoms with van der Waals surface area (Å²) in [7, 11) is 3.30. The number of piperidine rings is 1. The van der Waals surface area contributed by atoms with E-state index < -0.39 is 0 Å². The van der Waals surface area contributed by atoms with Gasteiger partial charge in [0.05, 0.1) is 19.6 Å². The van der Waals surface area contributed by atoms with E-state index in [1.165, 1.54) is 0 Å². The highest BCUT2D eigenvalue weighted by Gasteiger charge is 2.51. The van der Waals surface area contributed by atoms with E-state index in [2.05, 4.69) is 10.6 Å². The number of carbonyl (C=O) groups excluding carboxylic acids is 1. The van der Waals surface area contributed by atoms with E-state index in [1.807, 2.05) is 18.2 Å². The summed E-state index contributed by atoms with van der Waals surface area (Å²) in [6.07, 6.45) is 1.76. The minimum Gasteiger partial charge on any atom is -0.497 e. The van der Waals surface area contributed by atoms with E-state index in [1.54, 1.807) is 14.2 Å². The van der Waals surface area contributed by atoms with Gasteiger partial charge in [-0.25, -0.2) is 0 Å². The molecule has 2 saturated heterocycles. The van der Waals surface area contributed by atoms with Crippen molar-refractivity contribution in [2.24, 2.45) is 5.41 Å². The van der Waals surface area contributed by atoms with E-state index in [4.69, 9.17) is 9.47 Å². The summed E-state index contributed by atoms with van der Waals surface area (Å²) < 4.78 is 10.7. The molecule has 22 heavy (non-hydrogen) atoms. The van der Waals surface area contributed by atoms with Crippen molar-refractivity contribution in [2.45, 2.75) is 18.8 Å². The van der Waals surface area contributed by atoms with Crippen LogP contribution in [-0.4, -0.2) is 39.8 Å². The van der Waals surface area contributed by atoms with Gasteiger partial charge in [0, 0.05) is 18.5 Å². The molecule has 0 aromatic heterocycles. The van der Waals surface area contributed by atoms with Crippen molar-refractivity contribution in [3.05, 3.63) is 23.8 Å². The summed E-state index contributed by atoms with van der Waals surface area (Å²) in [4.78, 5) is 12.4. The van der Waals surface area contributed by atoms with Crippen molar-refractivity contribution in [3.63, 3.8) is 0 Å². The Bertz CT molecular complexity index is 522. The van der Waals surface area contributed by atoms with Crippen molar-refractivity contribution in [2.75, 3.05) is 33.9 Å². The van der Waals surface area contributed by atoms with Gasteiger partial charge in [-0.05, 0) is 43.6 Å². The molecule has 2 heterocycles. The molecule has 3 rings (SSSR count). The van der Waals surface area contributed by atoms with Crippen LogP contribution in [0.2, 0.25) is 0 Å². The van der Waals surface area contributed by atoms with Gasteiger partial charge in [-0.2, -0.15) is 0 Å². The molecular weight excluding hydrogens is 304 g/mol. The average molecular weight is 327 g/mol. The van der Waals surface area contributed by atoms with Crippen LogP contribution in [0.5, 0.6) is 11.5 Å². The van der Waals surface area contributed by atoms with Gasteiger partial charge in [-0.15, -0.1) is 12.4 Å². The highest BCUT2D eigenvalue weighted by atomic mass is 35.5. The largest absolute Gasteiger partial charge is 0.497 e. The maximum atomic E-state index is 12.4. The Hall–Kier alpha value is -1.46. The molecule has 1 aromatic rings. The highest BCUT2D eigenvalue weighted by Crippen LogP contribution is 2.47. The van der Waals surface area contributed by atoms with Gasteiger partial charge in [0.25, 0.3) is 0 Å². The smallest absolute Gasteiger partial charge is 0.227 e. The van der Waals surface area contributed by atoms with Crippen molar-refractivity contribution >= 4 is 18.3 Å². The lowest BCUT2D eigenvalue weighted by Crippen LogP contribution is -2.44. The van der Waals surface area contributed by atoms with Crippen LogP contribution < -0.4 is 20.1 Å².